The van der Waals surface area contributed by atoms with E-state index >= 15 is 0 Å². The van der Waals surface area contributed by atoms with Gasteiger partial charge >= 0.3 is 0 Å². The van der Waals surface area contributed by atoms with E-state index in [4.69, 9.17) is 0 Å². The molecule has 1 aromatic carbocycles. The van der Waals surface area contributed by atoms with Crippen LogP contribution < -0.4 is 5.32 Å². The van der Waals surface area contributed by atoms with Gasteiger partial charge in [-0.2, -0.15) is 0 Å². The molecule has 0 saturated carbocycles. The van der Waals surface area contributed by atoms with Crippen LogP contribution >= 0.6 is 12.4 Å². The third kappa shape index (κ3) is 3.63. The minimum absolute atomic E-state index is 0. The Bertz CT molecular complexity index is 855. The number of carbonyl (C=O) groups is 3. The van der Waals surface area contributed by atoms with Gasteiger partial charge in [-0.3, -0.25) is 24.3 Å². The third-order valence-electron chi connectivity index (χ3n) is 5.06. The molecule has 1 N–H and O–H groups in total. The average molecular weight is 401 g/mol. The maximum Gasteiger partial charge on any atom is 0.261 e. The highest BCUT2D eigenvalue weighted by atomic mass is 35.5. The normalized spacial score (nSPS) is 18.6. The number of nitrogens with zero attached hydrogens (tertiary/aromatic N) is 3. The van der Waals surface area contributed by atoms with E-state index in [-0.39, 0.29) is 49.1 Å². The summed E-state index contributed by atoms with van der Waals surface area (Å²) < 4.78 is 0. The SMILES string of the molecule is Cl.O=C1c2ccccc2C(=O)N1CCC(=O)N1CCNCC1c1cccnc1. The highest BCUT2D eigenvalue weighted by Crippen LogP contribution is 2.25. The van der Waals surface area contributed by atoms with Crippen LogP contribution in [0.1, 0.15) is 38.7 Å². The van der Waals surface area contributed by atoms with E-state index in [2.05, 4.69) is 10.3 Å². The van der Waals surface area contributed by atoms with Gasteiger partial charge in [0.1, 0.15) is 0 Å². The van der Waals surface area contributed by atoms with E-state index in [1.54, 1.807) is 36.7 Å². The van der Waals surface area contributed by atoms with Crippen molar-refractivity contribution in [2.24, 2.45) is 0 Å². The molecular formula is C20H21ClN4O3. The lowest BCUT2D eigenvalue weighted by atomic mass is 10.0. The highest BCUT2D eigenvalue weighted by Gasteiger charge is 2.36. The molecule has 2 aliphatic rings. The topological polar surface area (TPSA) is 82.6 Å². The van der Waals surface area contributed by atoms with Crippen LogP contribution in [-0.2, 0) is 4.79 Å². The highest BCUT2D eigenvalue weighted by molar-refractivity contribution is 6.21. The van der Waals surface area contributed by atoms with E-state index < -0.39 is 0 Å². The lowest BCUT2D eigenvalue weighted by Crippen LogP contribution is -2.49. The van der Waals surface area contributed by atoms with Gasteiger partial charge in [0.25, 0.3) is 11.8 Å². The molecule has 1 fully saturated rings. The standard InChI is InChI=1S/C20H20N4O3.ClH/c25-18(23-11-9-22-13-17(23)14-4-3-8-21-12-14)7-10-24-19(26)15-5-1-2-6-16(15)20(24)27;/h1-6,8,12,17,22H,7,9-11,13H2;1H. The van der Waals surface area contributed by atoms with Crippen LogP contribution in [0.3, 0.4) is 0 Å². The molecule has 0 spiro atoms. The number of fused-ring (bicyclic) bond motifs is 1. The summed E-state index contributed by atoms with van der Waals surface area (Å²) in [6.45, 7) is 2.05. The number of hydrogen-bond acceptors (Lipinski definition) is 5. The zero-order chi connectivity index (χ0) is 18.8. The molecule has 1 aromatic heterocycles. The molecule has 8 heteroatoms. The Hall–Kier alpha value is -2.77. The van der Waals surface area contributed by atoms with Gasteiger partial charge in [-0.05, 0) is 23.8 Å². The summed E-state index contributed by atoms with van der Waals surface area (Å²) in [6.07, 6.45) is 3.58. The summed E-state index contributed by atoms with van der Waals surface area (Å²) in [5.41, 5.74) is 1.79. The number of aromatic nitrogens is 1. The van der Waals surface area contributed by atoms with Crippen molar-refractivity contribution in [3.63, 3.8) is 0 Å². The van der Waals surface area contributed by atoms with Crippen LogP contribution in [-0.4, -0.2) is 58.7 Å². The van der Waals surface area contributed by atoms with Gasteiger partial charge < -0.3 is 10.2 Å². The predicted molar refractivity (Wildman–Crippen MR) is 105 cm³/mol. The Balaban J connectivity index is 0.00000225. The zero-order valence-electron chi connectivity index (χ0n) is 15.2. The Morgan fingerprint density at radius 2 is 1.82 bits per heavy atom. The molecule has 2 aliphatic heterocycles. The zero-order valence-corrected chi connectivity index (χ0v) is 16.0. The van der Waals surface area contributed by atoms with Crippen LogP contribution in [0, 0.1) is 0 Å². The molecule has 0 radical (unpaired) electrons. The second kappa shape index (κ2) is 8.50. The summed E-state index contributed by atoms with van der Waals surface area (Å²) in [6, 6.07) is 10.5. The second-order valence-corrected chi connectivity index (χ2v) is 6.65. The second-order valence-electron chi connectivity index (χ2n) is 6.65. The van der Waals surface area contributed by atoms with Crippen molar-refractivity contribution in [3.05, 3.63) is 65.5 Å². The fourth-order valence-corrected chi connectivity index (χ4v) is 3.67. The molecule has 3 heterocycles. The maximum atomic E-state index is 12.9. The first kappa shape index (κ1) is 20.0. The first-order chi connectivity index (χ1) is 13.2. The predicted octanol–water partition coefficient (Wildman–Crippen LogP) is 1.66. The van der Waals surface area contributed by atoms with Gasteiger partial charge in [0.15, 0.2) is 0 Å². The Morgan fingerprint density at radius 3 is 2.46 bits per heavy atom. The largest absolute Gasteiger partial charge is 0.333 e. The number of nitrogens with one attached hydrogen (secondary N) is 1. The van der Waals surface area contributed by atoms with Crippen LogP contribution in [0.4, 0.5) is 0 Å². The lowest BCUT2D eigenvalue weighted by molar-refractivity contribution is -0.134. The fourth-order valence-electron chi connectivity index (χ4n) is 3.67. The number of rotatable bonds is 4. The van der Waals surface area contributed by atoms with Crippen molar-refractivity contribution in [1.29, 1.82) is 0 Å². The van der Waals surface area contributed by atoms with Gasteiger partial charge in [0.2, 0.25) is 5.91 Å². The van der Waals surface area contributed by atoms with Crippen molar-refractivity contribution in [3.8, 4) is 0 Å². The molecule has 1 unspecified atom stereocenters. The van der Waals surface area contributed by atoms with Crippen LogP contribution in [0.5, 0.6) is 0 Å². The number of halogens is 1. The number of benzene rings is 1. The van der Waals surface area contributed by atoms with Crippen LogP contribution in [0.25, 0.3) is 0 Å². The quantitative estimate of drug-likeness (QED) is 0.789. The summed E-state index contributed by atoms with van der Waals surface area (Å²) in [5.74, 6) is -0.720. The van der Waals surface area contributed by atoms with Gasteiger partial charge in [-0.25, -0.2) is 0 Å². The van der Waals surface area contributed by atoms with Gasteiger partial charge in [-0.1, -0.05) is 18.2 Å². The summed E-state index contributed by atoms with van der Waals surface area (Å²) in [4.78, 5) is 44.9. The molecule has 4 rings (SSSR count). The summed E-state index contributed by atoms with van der Waals surface area (Å²) >= 11 is 0. The molecule has 28 heavy (non-hydrogen) atoms. The first-order valence-corrected chi connectivity index (χ1v) is 9.02. The minimum Gasteiger partial charge on any atom is -0.333 e. The molecule has 1 atom stereocenters. The minimum atomic E-state index is -0.326. The van der Waals surface area contributed by atoms with Crippen molar-refractivity contribution >= 4 is 30.1 Å². The van der Waals surface area contributed by atoms with Crippen molar-refractivity contribution in [2.75, 3.05) is 26.2 Å². The van der Waals surface area contributed by atoms with E-state index in [9.17, 15) is 14.4 Å². The molecule has 3 amide bonds. The monoisotopic (exact) mass is 400 g/mol. The van der Waals surface area contributed by atoms with Crippen molar-refractivity contribution in [1.82, 2.24) is 20.1 Å². The number of amides is 3. The van der Waals surface area contributed by atoms with Gasteiger partial charge in [0.05, 0.1) is 17.2 Å². The van der Waals surface area contributed by atoms with E-state index in [1.165, 1.54) is 4.90 Å². The summed E-state index contributed by atoms with van der Waals surface area (Å²) in [5, 5.41) is 3.30. The number of hydrogen-bond donors (Lipinski definition) is 1. The molecule has 0 bridgehead atoms. The Morgan fingerprint density at radius 1 is 1.11 bits per heavy atom. The van der Waals surface area contributed by atoms with Crippen LogP contribution in [0.2, 0.25) is 0 Å². The van der Waals surface area contributed by atoms with Crippen molar-refractivity contribution in [2.45, 2.75) is 12.5 Å². The van der Waals surface area contributed by atoms with Crippen molar-refractivity contribution < 1.29 is 14.4 Å². The van der Waals surface area contributed by atoms with Crippen LogP contribution in [0.15, 0.2) is 48.8 Å². The smallest absolute Gasteiger partial charge is 0.261 e. The van der Waals surface area contributed by atoms with E-state index in [1.807, 2.05) is 17.0 Å². The fraction of sp³-hybridized carbons (Fsp3) is 0.300. The molecule has 2 aromatic rings. The van der Waals surface area contributed by atoms with E-state index in [0.717, 1.165) is 12.1 Å². The van der Waals surface area contributed by atoms with Gasteiger partial charge in [0, 0.05) is 45.0 Å². The Kier molecular flexibility index (Phi) is 6.06. The maximum absolute atomic E-state index is 12.9. The molecule has 146 valence electrons. The molecule has 1 saturated heterocycles. The molecular weight excluding hydrogens is 380 g/mol. The number of pyridine rings is 1. The first-order valence-electron chi connectivity index (χ1n) is 9.02. The summed E-state index contributed by atoms with van der Waals surface area (Å²) in [7, 11) is 0. The number of piperazine rings is 1. The Labute approximate surface area is 169 Å². The lowest BCUT2D eigenvalue weighted by Gasteiger charge is -2.36. The van der Waals surface area contributed by atoms with Gasteiger partial charge in [-0.15, -0.1) is 12.4 Å². The third-order valence-corrected chi connectivity index (χ3v) is 5.06. The number of carbonyl (C=O) groups excluding carboxylic acids is 3. The molecule has 7 nitrogen and oxygen atoms in total. The number of imide groups is 1. The average Bonchev–Trinajstić information content (AvgIpc) is 2.97. The molecule has 0 aliphatic carbocycles. The van der Waals surface area contributed by atoms with E-state index in [0.29, 0.717) is 24.2 Å².